The van der Waals surface area contributed by atoms with Crippen LogP contribution in [0.1, 0.15) is 16.0 Å². The molecule has 0 fully saturated rings. The van der Waals surface area contributed by atoms with Crippen LogP contribution in [0.3, 0.4) is 0 Å². The van der Waals surface area contributed by atoms with E-state index in [1.165, 1.54) is 22.9 Å². The van der Waals surface area contributed by atoms with Gasteiger partial charge in [0.15, 0.2) is 11.6 Å². The van der Waals surface area contributed by atoms with Crippen LogP contribution in [0.15, 0.2) is 60.7 Å². The molecule has 1 unspecified atom stereocenters. The highest BCUT2D eigenvalue weighted by Crippen LogP contribution is 2.29. The molecule has 0 N–H and O–H groups in total. The first-order valence-corrected chi connectivity index (χ1v) is 7.62. The first kappa shape index (κ1) is 14.2. The quantitative estimate of drug-likeness (QED) is 0.526. The topological polar surface area (TPSA) is 0 Å². The summed E-state index contributed by atoms with van der Waals surface area (Å²) in [5.74, 6) is -1.63. The second-order valence-electron chi connectivity index (χ2n) is 5.03. The lowest BCUT2D eigenvalue weighted by molar-refractivity contribution is 0.507. The molecule has 106 valence electrons. The summed E-state index contributed by atoms with van der Waals surface area (Å²) in [6.45, 7) is 0. The molecule has 0 amide bonds. The van der Waals surface area contributed by atoms with Gasteiger partial charge in [-0.1, -0.05) is 64.5 Å². The van der Waals surface area contributed by atoms with Crippen molar-refractivity contribution in [3.8, 4) is 0 Å². The Kier molecular flexibility index (Phi) is 4.02. The summed E-state index contributed by atoms with van der Waals surface area (Å²) in [6, 6.07) is 18.5. The van der Waals surface area contributed by atoms with Gasteiger partial charge in [0.05, 0.1) is 0 Å². The van der Waals surface area contributed by atoms with E-state index >= 15 is 0 Å². The third-order valence-electron chi connectivity index (χ3n) is 3.53. The summed E-state index contributed by atoms with van der Waals surface area (Å²) in [5.41, 5.74) is 1.89. The normalized spacial score (nSPS) is 12.5. The molecular weight excluding hydrogens is 334 g/mol. The van der Waals surface area contributed by atoms with Crippen LogP contribution in [0.5, 0.6) is 0 Å². The second kappa shape index (κ2) is 5.94. The Morgan fingerprint density at radius 2 is 1.57 bits per heavy atom. The molecule has 0 aliphatic rings. The average molecular weight is 347 g/mol. The van der Waals surface area contributed by atoms with Crippen LogP contribution in [-0.4, -0.2) is 0 Å². The van der Waals surface area contributed by atoms with Crippen LogP contribution in [0.2, 0.25) is 0 Å². The predicted octanol–water partition coefficient (Wildman–Crippen LogP) is 5.80. The summed E-state index contributed by atoms with van der Waals surface area (Å²) in [5, 5.41) is 2.38. The summed E-state index contributed by atoms with van der Waals surface area (Å²) in [7, 11) is 0. The smallest absolute Gasteiger partial charge is 0.159 e. The largest absolute Gasteiger partial charge is 0.204 e. The first-order valence-electron chi connectivity index (χ1n) is 6.70. The van der Waals surface area contributed by atoms with E-state index in [9.17, 15) is 8.78 Å². The van der Waals surface area contributed by atoms with E-state index in [2.05, 4.69) is 46.3 Å². The van der Waals surface area contributed by atoms with Gasteiger partial charge in [-0.3, -0.25) is 0 Å². The maximum Gasteiger partial charge on any atom is 0.159 e. The van der Waals surface area contributed by atoms with Crippen LogP contribution in [0.4, 0.5) is 8.78 Å². The van der Waals surface area contributed by atoms with Crippen molar-refractivity contribution >= 4 is 26.7 Å². The molecular formula is C18H13BrF2. The third kappa shape index (κ3) is 3.13. The fourth-order valence-electron chi connectivity index (χ4n) is 2.40. The molecule has 3 aromatic rings. The molecule has 0 spiro atoms. The predicted molar refractivity (Wildman–Crippen MR) is 85.7 cm³/mol. The van der Waals surface area contributed by atoms with Gasteiger partial charge in [-0.15, -0.1) is 0 Å². The lowest BCUT2D eigenvalue weighted by Gasteiger charge is -2.11. The summed E-state index contributed by atoms with van der Waals surface area (Å²) < 4.78 is 26.3. The van der Waals surface area contributed by atoms with Crippen LogP contribution < -0.4 is 0 Å². The molecule has 3 aromatic carbocycles. The third-order valence-corrected chi connectivity index (χ3v) is 4.39. The van der Waals surface area contributed by atoms with E-state index in [0.29, 0.717) is 0 Å². The Hall–Kier alpha value is -1.74. The molecule has 0 aliphatic carbocycles. The highest BCUT2D eigenvalue weighted by molar-refractivity contribution is 9.09. The number of halogens is 3. The van der Waals surface area contributed by atoms with Crippen molar-refractivity contribution in [1.29, 1.82) is 0 Å². The maximum absolute atomic E-state index is 13.3. The molecule has 0 nitrogen and oxygen atoms in total. The Morgan fingerprint density at radius 1 is 0.810 bits per heavy atom. The van der Waals surface area contributed by atoms with Gasteiger partial charge in [0, 0.05) is 4.83 Å². The van der Waals surface area contributed by atoms with E-state index in [1.807, 2.05) is 12.1 Å². The number of hydrogen-bond acceptors (Lipinski definition) is 0. The zero-order valence-electron chi connectivity index (χ0n) is 11.2. The summed E-state index contributed by atoms with van der Waals surface area (Å²) >= 11 is 3.56. The number of benzene rings is 3. The molecule has 3 heteroatoms. The van der Waals surface area contributed by atoms with E-state index in [-0.39, 0.29) is 4.83 Å². The lowest BCUT2D eigenvalue weighted by atomic mass is 10.0. The van der Waals surface area contributed by atoms with Gasteiger partial charge in [-0.05, 0) is 40.5 Å². The molecule has 3 rings (SSSR count). The van der Waals surface area contributed by atoms with Gasteiger partial charge in [-0.2, -0.15) is 0 Å². The minimum atomic E-state index is -0.816. The molecule has 0 saturated carbocycles. The van der Waals surface area contributed by atoms with Crippen LogP contribution >= 0.6 is 15.9 Å². The molecule has 0 bridgehead atoms. The van der Waals surface area contributed by atoms with Crippen LogP contribution in [0, 0.1) is 11.6 Å². The maximum atomic E-state index is 13.3. The van der Waals surface area contributed by atoms with Gasteiger partial charge in [0.1, 0.15) is 0 Å². The van der Waals surface area contributed by atoms with Crippen molar-refractivity contribution in [3.05, 3.63) is 83.4 Å². The van der Waals surface area contributed by atoms with Crippen molar-refractivity contribution in [3.63, 3.8) is 0 Å². The highest BCUT2D eigenvalue weighted by Gasteiger charge is 2.11. The molecule has 1 atom stereocenters. The zero-order chi connectivity index (χ0) is 14.8. The van der Waals surface area contributed by atoms with Crippen LogP contribution in [-0.2, 0) is 6.42 Å². The molecule has 0 aromatic heterocycles. The van der Waals surface area contributed by atoms with Crippen molar-refractivity contribution in [1.82, 2.24) is 0 Å². The summed E-state index contributed by atoms with van der Waals surface area (Å²) in [4.78, 5) is -0.0474. The Labute approximate surface area is 130 Å². The fraction of sp³-hybridized carbons (Fsp3) is 0.111. The van der Waals surface area contributed by atoms with E-state index in [1.54, 1.807) is 6.07 Å². The summed E-state index contributed by atoms with van der Waals surface area (Å²) in [6.07, 6.45) is 0.718. The first-order chi connectivity index (χ1) is 10.1. The second-order valence-corrected chi connectivity index (χ2v) is 6.13. The molecule has 0 heterocycles. The monoisotopic (exact) mass is 346 g/mol. The Morgan fingerprint density at radius 3 is 2.33 bits per heavy atom. The Balaban J connectivity index is 1.85. The van der Waals surface area contributed by atoms with Crippen molar-refractivity contribution < 1.29 is 8.78 Å². The SMILES string of the molecule is Fc1ccc(C(Br)Cc2ccc3ccccc3c2)cc1F. The van der Waals surface area contributed by atoms with Gasteiger partial charge in [-0.25, -0.2) is 8.78 Å². The number of fused-ring (bicyclic) bond motifs is 1. The van der Waals surface area contributed by atoms with E-state index in [0.717, 1.165) is 17.5 Å². The fourth-order valence-corrected chi connectivity index (χ4v) is 3.06. The lowest BCUT2D eigenvalue weighted by Crippen LogP contribution is -1.97. The average Bonchev–Trinajstić information content (AvgIpc) is 2.50. The number of alkyl halides is 1. The standard InChI is InChI=1S/C18H13BrF2/c19-16(15-7-8-17(20)18(21)11-15)10-12-5-6-13-3-1-2-4-14(13)9-12/h1-9,11,16H,10H2. The van der Waals surface area contributed by atoms with Crippen molar-refractivity contribution in [2.45, 2.75) is 11.2 Å². The number of rotatable bonds is 3. The van der Waals surface area contributed by atoms with Gasteiger partial charge in [0.2, 0.25) is 0 Å². The zero-order valence-corrected chi connectivity index (χ0v) is 12.8. The van der Waals surface area contributed by atoms with Crippen LogP contribution in [0.25, 0.3) is 10.8 Å². The molecule has 0 aliphatic heterocycles. The van der Waals surface area contributed by atoms with E-state index in [4.69, 9.17) is 0 Å². The Bertz CT molecular complexity index is 783. The van der Waals surface area contributed by atoms with Gasteiger partial charge in [0.25, 0.3) is 0 Å². The highest BCUT2D eigenvalue weighted by atomic mass is 79.9. The van der Waals surface area contributed by atoms with Gasteiger partial charge < -0.3 is 0 Å². The molecule has 0 radical (unpaired) electrons. The van der Waals surface area contributed by atoms with E-state index < -0.39 is 11.6 Å². The van der Waals surface area contributed by atoms with Crippen molar-refractivity contribution in [2.75, 3.05) is 0 Å². The molecule has 21 heavy (non-hydrogen) atoms. The van der Waals surface area contributed by atoms with Gasteiger partial charge >= 0.3 is 0 Å². The number of hydrogen-bond donors (Lipinski definition) is 0. The molecule has 0 saturated heterocycles. The van der Waals surface area contributed by atoms with Crippen molar-refractivity contribution in [2.24, 2.45) is 0 Å². The minimum absolute atomic E-state index is 0.0474. The minimum Gasteiger partial charge on any atom is -0.204 e.